The molecule has 19 heavy (non-hydrogen) atoms. The molecule has 4 nitrogen and oxygen atoms in total. The number of hydroxylamine groups is 1. The number of nitrogens with one attached hydrogen (secondary N) is 1. The zero-order valence-corrected chi connectivity index (χ0v) is 10.1. The first-order valence-electron chi connectivity index (χ1n) is 5.68. The Kier molecular flexibility index (Phi) is 4.47. The van der Waals surface area contributed by atoms with Gasteiger partial charge in [0, 0.05) is 24.0 Å². The van der Waals surface area contributed by atoms with E-state index in [1.54, 1.807) is 30.5 Å². The van der Waals surface area contributed by atoms with Crippen LogP contribution in [0, 0.1) is 5.82 Å². The van der Waals surface area contributed by atoms with E-state index in [1.165, 1.54) is 18.3 Å². The standard InChI is InChI=1S/C14H13FN2O2/c15-13-9-11(4-5-12(13)6-8-17-18)10-19-14-3-1-2-7-16-14/h1-9,17-18H,10H2/b8-6+. The summed E-state index contributed by atoms with van der Waals surface area (Å²) in [6.45, 7) is 0.246. The molecule has 98 valence electrons. The summed E-state index contributed by atoms with van der Waals surface area (Å²) in [5.74, 6) is 0.116. The maximum absolute atomic E-state index is 13.7. The molecule has 0 aliphatic rings. The third-order valence-corrected chi connectivity index (χ3v) is 2.43. The molecule has 0 aliphatic carbocycles. The Morgan fingerprint density at radius 1 is 1.32 bits per heavy atom. The Hall–Kier alpha value is -2.40. The van der Waals surface area contributed by atoms with E-state index in [0.717, 1.165) is 0 Å². The van der Waals surface area contributed by atoms with Crippen LogP contribution in [0.4, 0.5) is 4.39 Å². The van der Waals surface area contributed by atoms with E-state index in [-0.39, 0.29) is 12.4 Å². The number of pyridine rings is 1. The average molecular weight is 260 g/mol. The summed E-state index contributed by atoms with van der Waals surface area (Å²) < 4.78 is 19.1. The van der Waals surface area contributed by atoms with Crippen molar-refractivity contribution in [2.24, 2.45) is 0 Å². The first-order valence-corrected chi connectivity index (χ1v) is 5.68. The minimum atomic E-state index is -0.381. The molecule has 1 heterocycles. The van der Waals surface area contributed by atoms with Gasteiger partial charge in [-0.2, -0.15) is 0 Å². The first-order chi connectivity index (χ1) is 9.29. The predicted octanol–water partition coefficient (Wildman–Crippen LogP) is 2.75. The monoisotopic (exact) mass is 260 g/mol. The van der Waals surface area contributed by atoms with Crippen LogP contribution in [-0.2, 0) is 6.61 Å². The van der Waals surface area contributed by atoms with Crippen LogP contribution < -0.4 is 10.2 Å². The number of aromatic nitrogens is 1. The summed E-state index contributed by atoms with van der Waals surface area (Å²) in [5.41, 5.74) is 2.91. The number of rotatable bonds is 5. The van der Waals surface area contributed by atoms with Crippen molar-refractivity contribution in [2.45, 2.75) is 6.61 Å². The maximum atomic E-state index is 13.7. The second-order valence-corrected chi connectivity index (χ2v) is 3.77. The lowest BCUT2D eigenvalue weighted by Crippen LogP contribution is -1.98. The minimum Gasteiger partial charge on any atom is -0.473 e. The Bertz CT molecular complexity index is 559. The number of halogens is 1. The van der Waals surface area contributed by atoms with Crippen molar-refractivity contribution in [1.82, 2.24) is 10.5 Å². The quantitative estimate of drug-likeness (QED) is 0.812. The summed E-state index contributed by atoms with van der Waals surface area (Å²) in [6, 6.07) is 10.1. The lowest BCUT2D eigenvalue weighted by Gasteiger charge is -2.06. The third kappa shape index (κ3) is 3.79. The number of ether oxygens (including phenoxy) is 1. The van der Waals surface area contributed by atoms with Gasteiger partial charge in [0.25, 0.3) is 0 Å². The molecule has 0 amide bonds. The van der Waals surface area contributed by atoms with Crippen molar-refractivity contribution in [2.75, 3.05) is 0 Å². The second kappa shape index (κ2) is 6.51. The molecule has 1 aromatic heterocycles. The normalized spacial score (nSPS) is 10.6. The van der Waals surface area contributed by atoms with E-state index in [0.29, 0.717) is 17.0 Å². The zero-order valence-electron chi connectivity index (χ0n) is 10.1. The fourth-order valence-electron chi connectivity index (χ4n) is 1.51. The van der Waals surface area contributed by atoms with E-state index in [9.17, 15) is 4.39 Å². The van der Waals surface area contributed by atoms with Gasteiger partial charge in [0.2, 0.25) is 5.88 Å². The van der Waals surface area contributed by atoms with Crippen LogP contribution in [0.1, 0.15) is 11.1 Å². The van der Waals surface area contributed by atoms with Gasteiger partial charge in [-0.05, 0) is 23.8 Å². The fraction of sp³-hybridized carbons (Fsp3) is 0.0714. The molecule has 0 saturated carbocycles. The van der Waals surface area contributed by atoms with Gasteiger partial charge in [-0.25, -0.2) is 9.37 Å². The van der Waals surface area contributed by atoms with Crippen molar-refractivity contribution in [1.29, 1.82) is 0 Å². The van der Waals surface area contributed by atoms with E-state index < -0.39 is 0 Å². The van der Waals surface area contributed by atoms with Crippen LogP contribution in [-0.4, -0.2) is 10.2 Å². The van der Waals surface area contributed by atoms with Gasteiger partial charge in [-0.3, -0.25) is 10.7 Å². The second-order valence-electron chi connectivity index (χ2n) is 3.77. The lowest BCUT2D eigenvalue weighted by atomic mass is 10.1. The molecule has 0 saturated heterocycles. The van der Waals surface area contributed by atoms with Gasteiger partial charge in [-0.15, -0.1) is 0 Å². The fourth-order valence-corrected chi connectivity index (χ4v) is 1.51. The molecule has 0 unspecified atom stereocenters. The number of nitrogens with zero attached hydrogens (tertiary/aromatic N) is 1. The van der Waals surface area contributed by atoms with Crippen molar-refractivity contribution in [3.05, 3.63) is 65.7 Å². The summed E-state index contributed by atoms with van der Waals surface area (Å²) in [5, 5.41) is 8.40. The molecule has 0 bridgehead atoms. The van der Waals surface area contributed by atoms with Gasteiger partial charge < -0.3 is 4.74 Å². The molecule has 0 atom stereocenters. The summed E-state index contributed by atoms with van der Waals surface area (Å²) in [4.78, 5) is 4.01. The first kappa shape index (κ1) is 13.0. The average Bonchev–Trinajstić information content (AvgIpc) is 2.45. The minimum absolute atomic E-state index is 0.246. The van der Waals surface area contributed by atoms with E-state index >= 15 is 0 Å². The van der Waals surface area contributed by atoms with E-state index in [1.807, 2.05) is 11.5 Å². The van der Waals surface area contributed by atoms with E-state index in [4.69, 9.17) is 9.94 Å². The van der Waals surface area contributed by atoms with Crippen LogP contribution in [0.5, 0.6) is 5.88 Å². The molecular weight excluding hydrogens is 247 g/mol. The van der Waals surface area contributed by atoms with Crippen LogP contribution in [0.15, 0.2) is 48.8 Å². The van der Waals surface area contributed by atoms with Crippen molar-refractivity contribution in [3.8, 4) is 5.88 Å². The zero-order chi connectivity index (χ0) is 13.5. The summed E-state index contributed by atoms with van der Waals surface area (Å²) in [6.07, 6.45) is 4.30. The largest absolute Gasteiger partial charge is 0.473 e. The number of hydrogen-bond acceptors (Lipinski definition) is 4. The maximum Gasteiger partial charge on any atom is 0.213 e. The highest BCUT2D eigenvalue weighted by Gasteiger charge is 2.02. The summed E-state index contributed by atoms with van der Waals surface area (Å²) in [7, 11) is 0. The molecule has 2 aromatic rings. The van der Waals surface area contributed by atoms with Crippen LogP contribution in [0.2, 0.25) is 0 Å². The third-order valence-electron chi connectivity index (χ3n) is 2.43. The van der Waals surface area contributed by atoms with Crippen LogP contribution >= 0.6 is 0 Å². The highest BCUT2D eigenvalue weighted by molar-refractivity contribution is 5.50. The molecule has 5 heteroatoms. The number of hydrogen-bond donors (Lipinski definition) is 2. The Morgan fingerprint density at radius 2 is 2.21 bits per heavy atom. The van der Waals surface area contributed by atoms with Gasteiger partial charge >= 0.3 is 0 Å². The molecule has 0 spiro atoms. The van der Waals surface area contributed by atoms with Gasteiger partial charge in [-0.1, -0.05) is 18.2 Å². The summed E-state index contributed by atoms with van der Waals surface area (Å²) >= 11 is 0. The van der Waals surface area contributed by atoms with Crippen LogP contribution in [0.3, 0.4) is 0 Å². The van der Waals surface area contributed by atoms with E-state index in [2.05, 4.69) is 4.98 Å². The van der Waals surface area contributed by atoms with Gasteiger partial charge in [0.15, 0.2) is 0 Å². The molecule has 2 rings (SSSR count). The smallest absolute Gasteiger partial charge is 0.213 e. The number of benzene rings is 1. The molecular formula is C14H13FN2O2. The Labute approximate surface area is 110 Å². The molecule has 0 radical (unpaired) electrons. The lowest BCUT2D eigenvalue weighted by molar-refractivity contribution is 0.215. The molecule has 0 aliphatic heterocycles. The highest BCUT2D eigenvalue weighted by atomic mass is 19.1. The Balaban J connectivity index is 2.02. The molecule has 0 fully saturated rings. The van der Waals surface area contributed by atoms with Crippen molar-refractivity contribution < 1.29 is 14.3 Å². The van der Waals surface area contributed by atoms with Crippen molar-refractivity contribution >= 4 is 6.08 Å². The molecule has 1 aromatic carbocycles. The predicted molar refractivity (Wildman–Crippen MR) is 68.9 cm³/mol. The van der Waals surface area contributed by atoms with Crippen LogP contribution in [0.25, 0.3) is 6.08 Å². The SMILES string of the molecule is ON/C=C/c1ccc(COc2ccccn2)cc1F. The highest BCUT2D eigenvalue weighted by Crippen LogP contribution is 2.14. The van der Waals surface area contributed by atoms with Gasteiger partial charge in [0.05, 0.1) is 0 Å². The molecule has 2 N–H and O–H groups in total. The topological polar surface area (TPSA) is 54.4 Å². The van der Waals surface area contributed by atoms with Gasteiger partial charge in [0.1, 0.15) is 12.4 Å². The Morgan fingerprint density at radius 3 is 2.89 bits per heavy atom. The van der Waals surface area contributed by atoms with Crippen molar-refractivity contribution in [3.63, 3.8) is 0 Å².